The monoisotopic (exact) mass is 328 g/mol. The predicted octanol–water partition coefficient (Wildman–Crippen LogP) is 4.87. The predicted molar refractivity (Wildman–Crippen MR) is 101 cm³/mol. The van der Waals surface area contributed by atoms with E-state index in [0.717, 1.165) is 17.7 Å². The van der Waals surface area contributed by atoms with E-state index in [0.29, 0.717) is 6.54 Å². The van der Waals surface area contributed by atoms with E-state index in [9.17, 15) is 4.79 Å². The molecule has 1 aliphatic heterocycles. The van der Waals surface area contributed by atoms with Crippen LogP contribution in [-0.2, 0) is 6.42 Å². The van der Waals surface area contributed by atoms with Crippen molar-refractivity contribution in [2.75, 3.05) is 11.9 Å². The van der Waals surface area contributed by atoms with Gasteiger partial charge in [-0.05, 0) is 35.2 Å². The number of carbonyl (C=O) groups is 1. The maximum absolute atomic E-state index is 13.0. The second-order valence-electron chi connectivity index (χ2n) is 6.25. The molecule has 0 bridgehead atoms. The first-order chi connectivity index (χ1) is 12.3. The van der Waals surface area contributed by atoms with Gasteiger partial charge in [0.05, 0.1) is 6.04 Å². The van der Waals surface area contributed by atoms with Crippen LogP contribution in [-0.4, -0.2) is 17.5 Å². The highest BCUT2D eigenvalue weighted by Crippen LogP contribution is 2.35. The standard InChI is InChI=1S/C22H20N2O/c25-22(23-19-12-5-2-6-13-19)24-16-15-17-9-7-8-14-20(17)21(24)18-10-3-1-4-11-18/h1-14,21H,15-16H2,(H,23,25)/t21-/m0/s1. The lowest BCUT2D eigenvalue weighted by molar-refractivity contribution is 0.194. The number of nitrogens with one attached hydrogen (secondary N) is 1. The molecule has 4 rings (SSSR count). The Balaban J connectivity index is 1.70. The average molecular weight is 328 g/mol. The molecule has 1 heterocycles. The quantitative estimate of drug-likeness (QED) is 0.715. The van der Waals surface area contributed by atoms with Crippen molar-refractivity contribution < 1.29 is 4.79 Å². The van der Waals surface area contributed by atoms with Gasteiger partial charge in [0.15, 0.2) is 0 Å². The van der Waals surface area contributed by atoms with Crippen molar-refractivity contribution in [2.45, 2.75) is 12.5 Å². The van der Waals surface area contributed by atoms with Crippen molar-refractivity contribution in [2.24, 2.45) is 0 Å². The van der Waals surface area contributed by atoms with Crippen molar-refractivity contribution in [3.63, 3.8) is 0 Å². The topological polar surface area (TPSA) is 32.3 Å². The van der Waals surface area contributed by atoms with Crippen LogP contribution in [0.15, 0.2) is 84.9 Å². The molecule has 2 amide bonds. The summed E-state index contributed by atoms with van der Waals surface area (Å²) in [5.41, 5.74) is 4.49. The largest absolute Gasteiger partial charge is 0.322 e. The third-order valence-corrected chi connectivity index (χ3v) is 4.68. The number of para-hydroxylation sites is 1. The molecule has 1 aliphatic rings. The molecule has 3 aromatic carbocycles. The number of hydrogen-bond acceptors (Lipinski definition) is 1. The number of hydrogen-bond donors (Lipinski definition) is 1. The minimum Gasteiger partial charge on any atom is -0.313 e. The van der Waals surface area contributed by atoms with Gasteiger partial charge in [-0.25, -0.2) is 4.79 Å². The van der Waals surface area contributed by atoms with Crippen LogP contribution in [0.3, 0.4) is 0 Å². The molecule has 0 aliphatic carbocycles. The van der Waals surface area contributed by atoms with E-state index in [1.807, 2.05) is 59.5 Å². The molecule has 1 atom stereocenters. The molecule has 0 radical (unpaired) electrons. The third kappa shape index (κ3) is 3.13. The van der Waals surface area contributed by atoms with Crippen LogP contribution in [0.1, 0.15) is 22.7 Å². The smallest absolute Gasteiger partial charge is 0.313 e. The van der Waals surface area contributed by atoms with Crippen molar-refractivity contribution in [1.82, 2.24) is 4.90 Å². The number of nitrogens with zero attached hydrogens (tertiary/aromatic N) is 1. The van der Waals surface area contributed by atoms with Gasteiger partial charge in [-0.3, -0.25) is 0 Å². The summed E-state index contributed by atoms with van der Waals surface area (Å²) in [6.45, 7) is 0.704. The van der Waals surface area contributed by atoms with Crippen LogP contribution in [0.4, 0.5) is 10.5 Å². The van der Waals surface area contributed by atoms with Gasteiger partial charge in [0.25, 0.3) is 0 Å². The number of urea groups is 1. The summed E-state index contributed by atoms with van der Waals surface area (Å²) >= 11 is 0. The summed E-state index contributed by atoms with van der Waals surface area (Å²) in [5.74, 6) is 0. The van der Waals surface area contributed by atoms with Gasteiger partial charge < -0.3 is 10.2 Å². The van der Waals surface area contributed by atoms with Crippen molar-refractivity contribution >= 4 is 11.7 Å². The minimum absolute atomic E-state index is 0.0603. The second-order valence-corrected chi connectivity index (χ2v) is 6.25. The van der Waals surface area contributed by atoms with E-state index in [2.05, 4.69) is 35.6 Å². The SMILES string of the molecule is O=C(Nc1ccccc1)N1CCc2ccccc2[C@@H]1c1ccccc1. The van der Waals surface area contributed by atoms with E-state index >= 15 is 0 Å². The molecule has 124 valence electrons. The number of fused-ring (bicyclic) bond motifs is 1. The fraction of sp³-hybridized carbons (Fsp3) is 0.136. The molecule has 3 aromatic rings. The van der Waals surface area contributed by atoms with E-state index in [1.54, 1.807) is 0 Å². The van der Waals surface area contributed by atoms with Gasteiger partial charge >= 0.3 is 6.03 Å². The fourth-order valence-corrected chi connectivity index (χ4v) is 3.50. The molecule has 0 spiro atoms. The first kappa shape index (κ1) is 15.5. The molecule has 0 aromatic heterocycles. The molecule has 3 heteroatoms. The first-order valence-electron chi connectivity index (χ1n) is 8.58. The Kier molecular flexibility index (Phi) is 4.21. The van der Waals surface area contributed by atoms with E-state index in [-0.39, 0.29) is 12.1 Å². The number of carbonyl (C=O) groups excluding carboxylic acids is 1. The van der Waals surface area contributed by atoms with Crippen LogP contribution >= 0.6 is 0 Å². The van der Waals surface area contributed by atoms with Gasteiger partial charge in [-0.15, -0.1) is 0 Å². The normalized spacial score (nSPS) is 16.2. The maximum atomic E-state index is 13.0. The van der Waals surface area contributed by atoms with Gasteiger partial charge in [0.2, 0.25) is 0 Å². The van der Waals surface area contributed by atoms with Crippen molar-refractivity contribution in [3.05, 3.63) is 102 Å². The third-order valence-electron chi connectivity index (χ3n) is 4.68. The Morgan fingerprint density at radius 2 is 1.48 bits per heavy atom. The zero-order chi connectivity index (χ0) is 17.1. The molecule has 3 nitrogen and oxygen atoms in total. The molecule has 1 N–H and O–H groups in total. The Bertz CT molecular complexity index is 861. The van der Waals surface area contributed by atoms with E-state index in [4.69, 9.17) is 0 Å². The molecular formula is C22H20N2O. The van der Waals surface area contributed by atoms with E-state index < -0.39 is 0 Å². The van der Waals surface area contributed by atoms with Crippen molar-refractivity contribution in [1.29, 1.82) is 0 Å². The fourth-order valence-electron chi connectivity index (χ4n) is 3.50. The van der Waals surface area contributed by atoms with Crippen LogP contribution < -0.4 is 5.32 Å². The Morgan fingerprint density at radius 1 is 0.840 bits per heavy atom. The highest BCUT2D eigenvalue weighted by atomic mass is 16.2. The van der Waals surface area contributed by atoms with E-state index in [1.165, 1.54) is 11.1 Å². The number of rotatable bonds is 2. The zero-order valence-electron chi connectivity index (χ0n) is 13.9. The highest BCUT2D eigenvalue weighted by Gasteiger charge is 2.31. The van der Waals surface area contributed by atoms with Crippen LogP contribution in [0, 0.1) is 0 Å². The molecule has 25 heavy (non-hydrogen) atoms. The summed E-state index contributed by atoms with van der Waals surface area (Å²) in [6, 6.07) is 28.2. The highest BCUT2D eigenvalue weighted by molar-refractivity contribution is 5.90. The summed E-state index contributed by atoms with van der Waals surface area (Å²) in [5, 5.41) is 3.03. The van der Waals surface area contributed by atoms with Crippen LogP contribution in [0.25, 0.3) is 0 Å². The van der Waals surface area contributed by atoms with Crippen LogP contribution in [0.2, 0.25) is 0 Å². The zero-order valence-corrected chi connectivity index (χ0v) is 13.9. The lowest BCUT2D eigenvalue weighted by Gasteiger charge is -2.37. The molecule has 0 saturated carbocycles. The van der Waals surface area contributed by atoms with Gasteiger partial charge in [-0.1, -0.05) is 72.8 Å². The molecule has 0 unspecified atom stereocenters. The number of anilines is 1. The maximum Gasteiger partial charge on any atom is 0.322 e. The minimum atomic E-state index is -0.0606. The summed E-state index contributed by atoms with van der Waals surface area (Å²) in [7, 11) is 0. The summed E-state index contributed by atoms with van der Waals surface area (Å²) < 4.78 is 0. The van der Waals surface area contributed by atoms with Crippen molar-refractivity contribution in [3.8, 4) is 0 Å². The Morgan fingerprint density at radius 3 is 2.24 bits per heavy atom. The molecule has 0 saturated heterocycles. The lowest BCUT2D eigenvalue weighted by atomic mass is 9.88. The second kappa shape index (κ2) is 6.81. The van der Waals surface area contributed by atoms with Gasteiger partial charge in [0, 0.05) is 12.2 Å². The summed E-state index contributed by atoms with van der Waals surface area (Å²) in [4.78, 5) is 14.9. The van der Waals surface area contributed by atoms with Gasteiger partial charge in [-0.2, -0.15) is 0 Å². The Hall–Kier alpha value is -3.07. The summed E-state index contributed by atoms with van der Waals surface area (Å²) in [6.07, 6.45) is 0.877. The van der Waals surface area contributed by atoms with Gasteiger partial charge in [0.1, 0.15) is 0 Å². The number of amides is 2. The van der Waals surface area contributed by atoms with Crippen LogP contribution in [0.5, 0.6) is 0 Å². The number of benzene rings is 3. The molecule has 0 fully saturated rings. The Labute approximate surface area is 147 Å². The lowest BCUT2D eigenvalue weighted by Crippen LogP contribution is -2.42. The first-order valence-corrected chi connectivity index (χ1v) is 8.58. The average Bonchev–Trinajstić information content (AvgIpc) is 2.68. The molecular weight excluding hydrogens is 308 g/mol.